The van der Waals surface area contributed by atoms with Crippen molar-refractivity contribution in [2.45, 2.75) is 19.2 Å². The van der Waals surface area contributed by atoms with Crippen molar-refractivity contribution in [3.05, 3.63) is 0 Å². The molecule has 0 aliphatic rings. The first-order chi connectivity index (χ1) is 2.56. The van der Waals surface area contributed by atoms with Crippen molar-refractivity contribution in [2.75, 3.05) is 4.43 Å². The van der Waals surface area contributed by atoms with Gasteiger partial charge in [0, 0.05) is 0 Å². The standard InChI is InChI=1S/C4H8BI/c1-4(2,5)3-6/h3H2,1-2H3. The molecule has 0 amide bonds. The fourth-order valence-corrected chi connectivity index (χ4v) is 0. The number of hydrogen-bond donors (Lipinski definition) is 0. The van der Waals surface area contributed by atoms with Crippen LogP contribution in [0.15, 0.2) is 0 Å². The summed E-state index contributed by atoms with van der Waals surface area (Å²) in [6.45, 7) is 4.03. The van der Waals surface area contributed by atoms with E-state index in [1.54, 1.807) is 0 Å². The van der Waals surface area contributed by atoms with Gasteiger partial charge in [-0.3, -0.25) is 0 Å². The molecule has 2 radical (unpaired) electrons. The van der Waals surface area contributed by atoms with E-state index in [0.29, 0.717) is 0 Å². The third-order valence-electron chi connectivity index (χ3n) is 0.344. The van der Waals surface area contributed by atoms with E-state index in [0.717, 1.165) is 4.43 Å². The van der Waals surface area contributed by atoms with E-state index in [-0.39, 0.29) is 5.31 Å². The lowest BCUT2D eigenvalue weighted by Gasteiger charge is -2.11. The Balaban J connectivity index is 3.17. The van der Waals surface area contributed by atoms with Gasteiger partial charge in [0.1, 0.15) is 0 Å². The van der Waals surface area contributed by atoms with Gasteiger partial charge in [-0.15, -0.1) is 0 Å². The molecule has 0 fully saturated rings. The van der Waals surface area contributed by atoms with Crippen molar-refractivity contribution in [2.24, 2.45) is 0 Å². The summed E-state index contributed by atoms with van der Waals surface area (Å²) in [6, 6.07) is 0. The summed E-state index contributed by atoms with van der Waals surface area (Å²) >= 11 is 2.27. The summed E-state index contributed by atoms with van der Waals surface area (Å²) in [6.07, 6.45) is 0. The van der Waals surface area contributed by atoms with E-state index in [9.17, 15) is 0 Å². The van der Waals surface area contributed by atoms with Gasteiger partial charge in [0.05, 0.1) is 7.85 Å². The summed E-state index contributed by atoms with van der Waals surface area (Å²) in [5.41, 5.74) is 0. The molecule has 0 N–H and O–H groups in total. The highest BCUT2D eigenvalue weighted by atomic mass is 127. The Labute approximate surface area is 54.2 Å². The lowest BCUT2D eigenvalue weighted by molar-refractivity contribution is 0.793. The van der Waals surface area contributed by atoms with Crippen LogP contribution in [0.4, 0.5) is 0 Å². The average molecular weight is 194 g/mol. The van der Waals surface area contributed by atoms with E-state index in [2.05, 4.69) is 22.6 Å². The zero-order chi connectivity index (χ0) is 5.21. The monoisotopic (exact) mass is 194 g/mol. The molecule has 0 nitrogen and oxygen atoms in total. The molecule has 0 aromatic rings. The Morgan fingerprint density at radius 2 is 1.83 bits per heavy atom. The van der Waals surface area contributed by atoms with Crippen LogP contribution in [0.3, 0.4) is 0 Å². The molecule has 0 unspecified atom stereocenters. The quantitative estimate of drug-likeness (QED) is 0.339. The molecular formula is C4H8BI. The summed E-state index contributed by atoms with van der Waals surface area (Å²) < 4.78 is 1.02. The molecule has 0 aromatic heterocycles. The van der Waals surface area contributed by atoms with Gasteiger partial charge < -0.3 is 0 Å². The average Bonchev–Trinajstić information content (AvgIpc) is 1.35. The number of halogens is 1. The Kier molecular flexibility index (Phi) is 2.48. The van der Waals surface area contributed by atoms with Gasteiger partial charge in [-0.2, -0.15) is 0 Å². The molecule has 34 valence electrons. The molecular weight excluding hydrogens is 186 g/mol. The molecule has 0 saturated heterocycles. The lowest BCUT2D eigenvalue weighted by atomic mass is 9.75. The van der Waals surface area contributed by atoms with Gasteiger partial charge in [-0.25, -0.2) is 0 Å². The molecule has 0 aliphatic carbocycles. The Morgan fingerprint density at radius 3 is 1.83 bits per heavy atom. The van der Waals surface area contributed by atoms with E-state index < -0.39 is 0 Å². The van der Waals surface area contributed by atoms with Gasteiger partial charge >= 0.3 is 0 Å². The fourth-order valence-electron chi connectivity index (χ4n) is 0. The summed E-state index contributed by atoms with van der Waals surface area (Å²) in [5.74, 6) is 0. The highest BCUT2D eigenvalue weighted by molar-refractivity contribution is 14.1. The van der Waals surface area contributed by atoms with Crippen LogP contribution in [0.1, 0.15) is 13.8 Å². The minimum Gasteiger partial charge on any atom is -0.0866 e. The Morgan fingerprint density at radius 1 is 1.67 bits per heavy atom. The molecule has 0 bridgehead atoms. The SMILES string of the molecule is [B]C(C)(C)CI. The van der Waals surface area contributed by atoms with Crippen molar-refractivity contribution in [3.63, 3.8) is 0 Å². The van der Waals surface area contributed by atoms with Crippen LogP contribution in [0, 0.1) is 0 Å². The zero-order valence-corrected chi connectivity index (χ0v) is 6.32. The Hall–Kier alpha value is 0.795. The summed E-state index contributed by atoms with van der Waals surface area (Å²) in [7, 11) is 5.53. The van der Waals surface area contributed by atoms with E-state index >= 15 is 0 Å². The highest BCUT2D eigenvalue weighted by Gasteiger charge is 2.04. The van der Waals surface area contributed by atoms with Crippen LogP contribution < -0.4 is 0 Å². The molecule has 0 spiro atoms. The minimum atomic E-state index is 0.0283. The second-order valence-corrected chi connectivity index (χ2v) is 2.89. The highest BCUT2D eigenvalue weighted by Crippen LogP contribution is 2.20. The van der Waals surface area contributed by atoms with Crippen LogP contribution in [0.25, 0.3) is 0 Å². The molecule has 0 aliphatic heterocycles. The van der Waals surface area contributed by atoms with Crippen molar-refractivity contribution >= 4 is 30.4 Å². The van der Waals surface area contributed by atoms with Crippen molar-refractivity contribution in [1.82, 2.24) is 0 Å². The maximum absolute atomic E-state index is 5.53. The lowest BCUT2D eigenvalue weighted by Crippen LogP contribution is -2.01. The minimum absolute atomic E-state index is 0.0283. The number of hydrogen-bond acceptors (Lipinski definition) is 0. The van der Waals surface area contributed by atoms with Crippen molar-refractivity contribution in [1.29, 1.82) is 0 Å². The van der Waals surface area contributed by atoms with E-state index in [1.807, 2.05) is 13.8 Å². The third kappa shape index (κ3) is 4.79. The normalized spacial score (nSPS) is 11.8. The molecule has 6 heavy (non-hydrogen) atoms. The van der Waals surface area contributed by atoms with E-state index in [4.69, 9.17) is 7.85 Å². The van der Waals surface area contributed by atoms with Crippen molar-refractivity contribution < 1.29 is 0 Å². The number of alkyl halides is 1. The molecule has 0 atom stereocenters. The molecule has 0 saturated carbocycles. The summed E-state index contributed by atoms with van der Waals surface area (Å²) in [4.78, 5) is 0. The van der Waals surface area contributed by atoms with Crippen LogP contribution in [0.2, 0.25) is 5.31 Å². The predicted octanol–water partition coefficient (Wildman–Crippen LogP) is 1.79. The van der Waals surface area contributed by atoms with Gasteiger partial charge in [-0.05, 0) is 4.43 Å². The third-order valence-corrected chi connectivity index (χ3v) is 2.31. The summed E-state index contributed by atoms with van der Waals surface area (Å²) in [5, 5.41) is 0.0283. The maximum Gasteiger partial charge on any atom is 0.0749 e. The van der Waals surface area contributed by atoms with E-state index in [1.165, 1.54) is 0 Å². The second-order valence-electron chi connectivity index (χ2n) is 2.12. The molecule has 2 heteroatoms. The largest absolute Gasteiger partial charge is 0.0866 e. The van der Waals surface area contributed by atoms with Crippen LogP contribution in [-0.2, 0) is 0 Å². The van der Waals surface area contributed by atoms with Gasteiger partial charge in [0.15, 0.2) is 0 Å². The first kappa shape index (κ1) is 6.79. The van der Waals surface area contributed by atoms with Gasteiger partial charge in [0.25, 0.3) is 0 Å². The number of rotatable bonds is 1. The molecule has 0 aromatic carbocycles. The molecule has 0 rings (SSSR count). The smallest absolute Gasteiger partial charge is 0.0749 e. The van der Waals surface area contributed by atoms with Crippen molar-refractivity contribution in [3.8, 4) is 0 Å². The van der Waals surface area contributed by atoms with Crippen LogP contribution >= 0.6 is 22.6 Å². The predicted molar refractivity (Wildman–Crippen MR) is 38.7 cm³/mol. The first-order valence-electron chi connectivity index (χ1n) is 1.91. The maximum atomic E-state index is 5.53. The Bertz CT molecular complexity index is 37.3. The zero-order valence-electron chi connectivity index (χ0n) is 4.16. The van der Waals surface area contributed by atoms with Crippen LogP contribution in [0.5, 0.6) is 0 Å². The molecule has 0 heterocycles. The van der Waals surface area contributed by atoms with Gasteiger partial charge in [0.2, 0.25) is 0 Å². The van der Waals surface area contributed by atoms with Crippen LogP contribution in [-0.4, -0.2) is 12.3 Å². The second kappa shape index (κ2) is 2.19. The fraction of sp³-hybridized carbons (Fsp3) is 1.00. The topological polar surface area (TPSA) is 0 Å². The van der Waals surface area contributed by atoms with Gasteiger partial charge in [-0.1, -0.05) is 41.8 Å². The first-order valence-corrected chi connectivity index (χ1v) is 3.44.